The summed E-state index contributed by atoms with van der Waals surface area (Å²) < 4.78 is 2.22. The summed E-state index contributed by atoms with van der Waals surface area (Å²) in [4.78, 5) is 21.1. The van der Waals surface area contributed by atoms with Crippen molar-refractivity contribution >= 4 is 28.7 Å². The monoisotopic (exact) mass is 416 g/mol. The Morgan fingerprint density at radius 1 is 1.03 bits per heavy atom. The Hall–Kier alpha value is -3.12. The summed E-state index contributed by atoms with van der Waals surface area (Å²) in [5.74, 6) is 0.740. The molecule has 0 aliphatic carbocycles. The molecule has 2 aromatic carbocycles. The van der Waals surface area contributed by atoms with Crippen LogP contribution in [0.25, 0.3) is 11.0 Å². The predicted molar refractivity (Wildman–Crippen MR) is 122 cm³/mol. The highest BCUT2D eigenvalue weighted by atomic mass is 32.2. The van der Waals surface area contributed by atoms with Crippen LogP contribution < -0.4 is 5.32 Å². The summed E-state index contributed by atoms with van der Waals surface area (Å²) in [7, 11) is 0. The molecule has 0 aliphatic heterocycles. The lowest BCUT2D eigenvalue weighted by atomic mass is 10.1. The van der Waals surface area contributed by atoms with E-state index in [2.05, 4.69) is 46.1 Å². The van der Waals surface area contributed by atoms with E-state index >= 15 is 0 Å². The smallest absolute Gasteiger partial charge is 0.251 e. The zero-order valence-electron chi connectivity index (χ0n) is 17.1. The van der Waals surface area contributed by atoms with Crippen LogP contribution in [-0.2, 0) is 12.3 Å². The Kier molecular flexibility index (Phi) is 6.14. The quantitative estimate of drug-likeness (QED) is 0.438. The predicted octanol–water partition coefficient (Wildman–Crippen LogP) is 4.83. The van der Waals surface area contributed by atoms with Crippen molar-refractivity contribution in [2.75, 3.05) is 6.54 Å². The number of fused-ring (bicyclic) bond motifs is 1. The molecule has 0 spiro atoms. The summed E-state index contributed by atoms with van der Waals surface area (Å²) in [6.07, 6.45) is 3.65. The molecule has 0 aliphatic rings. The molecule has 2 aromatic heterocycles. The van der Waals surface area contributed by atoms with E-state index in [4.69, 9.17) is 4.98 Å². The molecular weight excluding hydrogens is 392 g/mol. The molecule has 0 bridgehead atoms. The Morgan fingerprint density at radius 2 is 1.77 bits per heavy atom. The molecular formula is C24H24N4OS. The molecule has 4 rings (SSSR count). The van der Waals surface area contributed by atoms with E-state index in [1.807, 2.05) is 43.5 Å². The summed E-state index contributed by atoms with van der Waals surface area (Å²) >= 11 is 1.70. The topological polar surface area (TPSA) is 59.8 Å². The first-order valence-corrected chi connectivity index (χ1v) is 11.0. The van der Waals surface area contributed by atoms with Crippen molar-refractivity contribution in [3.8, 4) is 0 Å². The number of nitrogens with one attached hydrogen (secondary N) is 1. The van der Waals surface area contributed by atoms with Crippen molar-refractivity contribution in [1.29, 1.82) is 0 Å². The van der Waals surface area contributed by atoms with E-state index in [1.54, 1.807) is 18.0 Å². The first-order chi connectivity index (χ1) is 14.6. The zero-order chi connectivity index (χ0) is 20.9. The summed E-state index contributed by atoms with van der Waals surface area (Å²) in [5, 5.41) is 3.79. The average molecular weight is 417 g/mol. The number of hydrogen-bond acceptors (Lipinski definition) is 4. The summed E-state index contributed by atoms with van der Waals surface area (Å²) in [6.45, 7) is 5.39. The molecule has 152 valence electrons. The lowest BCUT2D eigenvalue weighted by molar-refractivity contribution is 0.0956. The third kappa shape index (κ3) is 4.54. The molecule has 0 saturated carbocycles. The van der Waals surface area contributed by atoms with Gasteiger partial charge in [0, 0.05) is 24.1 Å². The van der Waals surface area contributed by atoms with Gasteiger partial charge in [-0.25, -0.2) is 4.98 Å². The van der Waals surface area contributed by atoms with Crippen LogP contribution in [0.15, 0.2) is 72.1 Å². The third-order valence-electron chi connectivity index (χ3n) is 4.90. The number of rotatable bonds is 7. The van der Waals surface area contributed by atoms with Gasteiger partial charge in [-0.15, -0.1) is 0 Å². The third-order valence-corrected chi connectivity index (χ3v) is 5.95. The van der Waals surface area contributed by atoms with E-state index in [-0.39, 0.29) is 5.91 Å². The molecule has 0 saturated heterocycles. The van der Waals surface area contributed by atoms with Crippen molar-refractivity contribution in [3.63, 3.8) is 0 Å². The van der Waals surface area contributed by atoms with E-state index in [0.29, 0.717) is 12.1 Å². The van der Waals surface area contributed by atoms with Gasteiger partial charge in [0.15, 0.2) is 5.16 Å². The number of hydrogen-bond donors (Lipinski definition) is 1. The SMILES string of the molecule is CCNC(=O)c1ccc(CSc2nc3ccncc3n2Cc2ccc(C)cc2)cc1. The molecule has 1 amide bonds. The molecule has 0 radical (unpaired) electrons. The van der Waals surface area contributed by atoms with E-state index in [9.17, 15) is 4.79 Å². The number of thioether (sulfide) groups is 1. The van der Waals surface area contributed by atoms with Crippen LogP contribution in [0.2, 0.25) is 0 Å². The van der Waals surface area contributed by atoms with Crippen molar-refractivity contribution in [2.45, 2.75) is 31.3 Å². The summed E-state index contributed by atoms with van der Waals surface area (Å²) in [5.41, 5.74) is 6.31. The lowest BCUT2D eigenvalue weighted by Crippen LogP contribution is -2.22. The van der Waals surface area contributed by atoms with E-state index in [1.165, 1.54) is 11.1 Å². The Morgan fingerprint density at radius 3 is 2.50 bits per heavy atom. The maximum Gasteiger partial charge on any atom is 0.251 e. The highest BCUT2D eigenvalue weighted by Crippen LogP contribution is 2.27. The van der Waals surface area contributed by atoms with Gasteiger partial charge in [-0.3, -0.25) is 9.78 Å². The molecule has 2 heterocycles. The number of pyridine rings is 1. The minimum atomic E-state index is -0.0379. The Balaban J connectivity index is 1.55. The highest BCUT2D eigenvalue weighted by Gasteiger charge is 2.12. The molecule has 1 N–H and O–H groups in total. The standard InChI is InChI=1S/C24H24N4OS/c1-3-26-23(29)20-10-8-19(9-11-20)16-30-24-27-21-12-13-25-14-22(21)28(24)15-18-6-4-17(2)5-7-18/h4-14H,3,15-16H2,1-2H3,(H,26,29). The van der Waals surface area contributed by atoms with Crippen molar-refractivity contribution < 1.29 is 4.79 Å². The lowest BCUT2D eigenvalue weighted by Gasteiger charge is -2.10. The largest absolute Gasteiger partial charge is 0.352 e. The average Bonchev–Trinajstić information content (AvgIpc) is 3.12. The second-order valence-corrected chi connectivity index (χ2v) is 8.12. The van der Waals surface area contributed by atoms with Crippen LogP contribution in [-0.4, -0.2) is 27.0 Å². The van der Waals surface area contributed by atoms with E-state index < -0.39 is 0 Å². The fourth-order valence-electron chi connectivity index (χ4n) is 3.25. The minimum absolute atomic E-state index is 0.0379. The second kappa shape index (κ2) is 9.13. The molecule has 0 fully saturated rings. The maximum atomic E-state index is 11.9. The van der Waals surface area contributed by atoms with Crippen LogP contribution in [0.4, 0.5) is 0 Å². The van der Waals surface area contributed by atoms with Crippen LogP contribution >= 0.6 is 11.8 Å². The van der Waals surface area contributed by atoms with Gasteiger partial charge in [0.25, 0.3) is 5.91 Å². The number of imidazole rings is 1. The molecule has 4 aromatic rings. The number of nitrogens with zero attached hydrogens (tertiary/aromatic N) is 3. The Labute approximate surface area is 180 Å². The van der Waals surface area contributed by atoms with E-state index in [0.717, 1.165) is 34.1 Å². The molecule has 0 unspecified atom stereocenters. The van der Waals surface area contributed by atoms with Crippen LogP contribution in [0.3, 0.4) is 0 Å². The van der Waals surface area contributed by atoms with Crippen LogP contribution in [0.1, 0.15) is 34.0 Å². The van der Waals surface area contributed by atoms with Gasteiger partial charge in [-0.2, -0.15) is 0 Å². The molecule has 6 heteroatoms. The zero-order valence-corrected chi connectivity index (χ0v) is 17.9. The molecule has 30 heavy (non-hydrogen) atoms. The van der Waals surface area contributed by atoms with Gasteiger partial charge < -0.3 is 9.88 Å². The normalized spacial score (nSPS) is 11.0. The summed E-state index contributed by atoms with van der Waals surface area (Å²) in [6, 6.07) is 18.3. The fraction of sp³-hybridized carbons (Fsp3) is 0.208. The number of aromatic nitrogens is 3. The van der Waals surface area contributed by atoms with Gasteiger partial charge in [0.1, 0.15) is 0 Å². The highest BCUT2D eigenvalue weighted by molar-refractivity contribution is 7.98. The first-order valence-electron chi connectivity index (χ1n) is 10.00. The van der Waals surface area contributed by atoms with Crippen LogP contribution in [0.5, 0.6) is 0 Å². The molecule has 5 nitrogen and oxygen atoms in total. The van der Waals surface area contributed by atoms with Gasteiger partial charge in [0.2, 0.25) is 0 Å². The number of aryl methyl sites for hydroxylation is 1. The minimum Gasteiger partial charge on any atom is -0.352 e. The number of benzene rings is 2. The second-order valence-electron chi connectivity index (χ2n) is 7.18. The first kappa shape index (κ1) is 20.2. The Bertz CT molecular complexity index is 1150. The van der Waals surface area contributed by atoms with Crippen molar-refractivity contribution in [3.05, 3.63) is 89.2 Å². The molecule has 0 atom stereocenters. The van der Waals surface area contributed by atoms with Gasteiger partial charge >= 0.3 is 0 Å². The number of carbonyl (C=O) groups is 1. The van der Waals surface area contributed by atoms with Gasteiger partial charge in [0.05, 0.1) is 23.8 Å². The fourth-order valence-corrected chi connectivity index (χ4v) is 4.22. The van der Waals surface area contributed by atoms with Gasteiger partial charge in [-0.1, -0.05) is 53.7 Å². The van der Waals surface area contributed by atoms with Crippen molar-refractivity contribution in [1.82, 2.24) is 19.9 Å². The van der Waals surface area contributed by atoms with Crippen LogP contribution in [0, 0.1) is 6.92 Å². The number of amides is 1. The van der Waals surface area contributed by atoms with Crippen molar-refractivity contribution in [2.24, 2.45) is 0 Å². The number of carbonyl (C=O) groups excluding carboxylic acids is 1. The maximum absolute atomic E-state index is 11.9. The van der Waals surface area contributed by atoms with Gasteiger partial charge in [-0.05, 0) is 43.2 Å².